The lowest BCUT2D eigenvalue weighted by atomic mass is 10.1. The zero-order valence-electron chi connectivity index (χ0n) is 10.3. The fraction of sp³-hybridized carbons (Fsp3) is 0.333. The van der Waals surface area contributed by atoms with Crippen LogP contribution in [0.3, 0.4) is 0 Å². The van der Waals surface area contributed by atoms with Crippen LogP contribution in [0.5, 0.6) is 11.5 Å². The van der Waals surface area contributed by atoms with E-state index in [1.165, 1.54) is 11.3 Å². The number of nitrogens with two attached hydrogens (primary N) is 1. The Kier molecular flexibility index (Phi) is 3.99. The summed E-state index contributed by atoms with van der Waals surface area (Å²) in [5.74, 6) is 1.52. The van der Waals surface area contributed by atoms with Crippen LogP contribution in [0.25, 0.3) is 0 Å². The molecule has 2 rings (SSSR count). The van der Waals surface area contributed by atoms with Crippen molar-refractivity contribution in [2.24, 2.45) is 0 Å². The maximum atomic E-state index is 5.55. The average Bonchev–Trinajstić information content (AvgIpc) is 2.81. The third-order valence-corrected chi connectivity index (χ3v) is 3.39. The van der Waals surface area contributed by atoms with Crippen molar-refractivity contribution in [2.45, 2.75) is 12.8 Å². The molecule has 1 heterocycles. The molecule has 18 heavy (non-hydrogen) atoms. The minimum atomic E-state index is 0.502. The number of hydrogen-bond donors (Lipinski definition) is 1. The lowest BCUT2D eigenvalue weighted by Gasteiger charge is -2.11. The van der Waals surface area contributed by atoms with Gasteiger partial charge in [-0.1, -0.05) is 23.5 Å². The molecular weight excluding hydrogens is 250 g/mol. The zero-order valence-corrected chi connectivity index (χ0v) is 11.2. The first-order chi connectivity index (χ1) is 8.74. The number of aromatic nitrogens is 2. The van der Waals surface area contributed by atoms with Gasteiger partial charge in [0.15, 0.2) is 11.5 Å². The van der Waals surface area contributed by atoms with Crippen LogP contribution < -0.4 is 15.2 Å². The van der Waals surface area contributed by atoms with Gasteiger partial charge < -0.3 is 15.2 Å². The van der Waals surface area contributed by atoms with Gasteiger partial charge in [0.25, 0.3) is 0 Å². The molecule has 0 fully saturated rings. The van der Waals surface area contributed by atoms with Crippen molar-refractivity contribution in [3.63, 3.8) is 0 Å². The van der Waals surface area contributed by atoms with Crippen molar-refractivity contribution in [3.05, 3.63) is 28.8 Å². The number of nitrogen functional groups attached to an aromatic ring is 1. The van der Waals surface area contributed by atoms with Crippen LogP contribution in [0.2, 0.25) is 0 Å². The van der Waals surface area contributed by atoms with E-state index in [-0.39, 0.29) is 0 Å². The number of benzene rings is 1. The van der Waals surface area contributed by atoms with E-state index in [9.17, 15) is 0 Å². The van der Waals surface area contributed by atoms with Gasteiger partial charge in [0.05, 0.1) is 14.2 Å². The molecule has 0 radical (unpaired) electrons. The van der Waals surface area contributed by atoms with Crippen molar-refractivity contribution in [1.29, 1.82) is 0 Å². The highest BCUT2D eigenvalue weighted by atomic mass is 32.1. The summed E-state index contributed by atoms with van der Waals surface area (Å²) in [6.07, 6.45) is 1.60. The van der Waals surface area contributed by atoms with Gasteiger partial charge in [0, 0.05) is 6.42 Å². The summed E-state index contributed by atoms with van der Waals surface area (Å²) < 4.78 is 10.6. The lowest BCUT2D eigenvalue weighted by Crippen LogP contribution is -1.98. The van der Waals surface area contributed by atoms with Crippen molar-refractivity contribution in [1.82, 2.24) is 10.2 Å². The van der Waals surface area contributed by atoms with E-state index >= 15 is 0 Å². The topological polar surface area (TPSA) is 70.3 Å². The van der Waals surface area contributed by atoms with E-state index in [1.54, 1.807) is 14.2 Å². The van der Waals surface area contributed by atoms with E-state index in [4.69, 9.17) is 15.2 Å². The van der Waals surface area contributed by atoms with Crippen molar-refractivity contribution >= 4 is 16.5 Å². The molecule has 0 aliphatic carbocycles. The molecule has 0 saturated heterocycles. The molecule has 1 aromatic carbocycles. The highest BCUT2D eigenvalue weighted by Gasteiger charge is 2.10. The van der Waals surface area contributed by atoms with Crippen LogP contribution >= 0.6 is 11.3 Å². The Labute approximate surface area is 110 Å². The van der Waals surface area contributed by atoms with Gasteiger partial charge >= 0.3 is 0 Å². The Morgan fingerprint density at radius 3 is 2.61 bits per heavy atom. The van der Waals surface area contributed by atoms with Gasteiger partial charge in [-0.15, -0.1) is 10.2 Å². The predicted octanol–water partition coefficient (Wildman–Crippen LogP) is 1.92. The maximum absolute atomic E-state index is 5.55. The normalized spacial score (nSPS) is 10.3. The summed E-state index contributed by atoms with van der Waals surface area (Å²) in [6.45, 7) is 0. The van der Waals surface area contributed by atoms with E-state index in [1.807, 2.05) is 18.2 Å². The molecule has 2 aromatic rings. The quantitative estimate of drug-likeness (QED) is 0.894. The Balaban J connectivity index is 2.13. The summed E-state index contributed by atoms with van der Waals surface area (Å²) in [5, 5.41) is 9.23. The molecule has 5 nitrogen and oxygen atoms in total. The zero-order chi connectivity index (χ0) is 13.0. The predicted molar refractivity (Wildman–Crippen MR) is 71.3 cm³/mol. The second kappa shape index (κ2) is 5.68. The molecule has 0 amide bonds. The maximum Gasteiger partial charge on any atom is 0.203 e. The molecule has 1 aromatic heterocycles. The van der Waals surface area contributed by atoms with E-state index in [2.05, 4.69) is 10.2 Å². The number of hydrogen-bond acceptors (Lipinski definition) is 6. The van der Waals surface area contributed by atoms with Gasteiger partial charge in [-0.05, 0) is 18.1 Å². The van der Waals surface area contributed by atoms with Crippen LogP contribution in [-0.2, 0) is 12.8 Å². The molecule has 0 bridgehead atoms. The minimum absolute atomic E-state index is 0.502. The fourth-order valence-electron chi connectivity index (χ4n) is 1.76. The number of para-hydroxylation sites is 1. The van der Waals surface area contributed by atoms with Crippen molar-refractivity contribution in [2.75, 3.05) is 20.0 Å². The first-order valence-electron chi connectivity index (χ1n) is 5.52. The molecular formula is C12H15N3O2S. The Hall–Kier alpha value is -1.82. The molecule has 2 N–H and O–H groups in total. The van der Waals surface area contributed by atoms with Gasteiger partial charge in [-0.3, -0.25) is 0 Å². The van der Waals surface area contributed by atoms with Crippen LogP contribution in [0.4, 0.5) is 5.13 Å². The Morgan fingerprint density at radius 2 is 2.00 bits per heavy atom. The van der Waals surface area contributed by atoms with Crippen molar-refractivity contribution in [3.8, 4) is 11.5 Å². The number of aryl methyl sites for hydroxylation is 2. The average molecular weight is 265 g/mol. The monoisotopic (exact) mass is 265 g/mol. The summed E-state index contributed by atoms with van der Waals surface area (Å²) in [5.41, 5.74) is 6.64. The molecule has 6 heteroatoms. The van der Waals surface area contributed by atoms with Gasteiger partial charge in [0.2, 0.25) is 5.13 Å². The van der Waals surface area contributed by atoms with Crippen molar-refractivity contribution < 1.29 is 9.47 Å². The third-order valence-electron chi connectivity index (χ3n) is 2.58. The van der Waals surface area contributed by atoms with Crippen LogP contribution in [0, 0.1) is 0 Å². The molecule has 0 unspecified atom stereocenters. The highest BCUT2D eigenvalue weighted by molar-refractivity contribution is 7.15. The fourth-order valence-corrected chi connectivity index (χ4v) is 2.37. The van der Waals surface area contributed by atoms with Crippen LogP contribution in [0.1, 0.15) is 10.6 Å². The molecule has 0 spiro atoms. The number of rotatable bonds is 5. The van der Waals surface area contributed by atoms with Gasteiger partial charge in [0.1, 0.15) is 5.01 Å². The largest absolute Gasteiger partial charge is 0.493 e. The van der Waals surface area contributed by atoms with E-state index in [0.29, 0.717) is 5.13 Å². The summed E-state index contributed by atoms with van der Waals surface area (Å²) in [4.78, 5) is 0. The van der Waals surface area contributed by atoms with Gasteiger partial charge in [-0.25, -0.2) is 0 Å². The molecule has 0 saturated carbocycles. The number of anilines is 1. The van der Waals surface area contributed by atoms with E-state index < -0.39 is 0 Å². The lowest BCUT2D eigenvalue weighted by molar-refractivity contribution is 0.351. The molecule has 0 atom stereocenters. The highest BCUT2D eigenvalue weighted by Crippen LogP contribution is 2.31. The minimum Gasteiger partial charge on any atom is -0.493 e. The summed E-state index contributed by atoms with van der Waals surface area (Å²) in [7, 11) is 3.28. The van der Waals surface area contributed by atoms with E-state index in [0.717, 1.165) is 34.9 Å². The summed E-state index contributed by atoms with van der Waals surface area (Å²) >= 11 is 1.41. The smallest absolute Gasteiger partial charge is 0.203 e. The second-order valence-electron chi connectivity index (χ2n) is 3.69. The number of methoxy groups -OCH3 is 2. The van der Waals surface area contributed by atoms with Gasteiger partial charge in [-0.2, -0.15) is 0 Å². The molecule has 0 aliphatic rings. The first kappa shape index (κ1) is 12.6. The summed E-state index contributed by atoms with van der Waals surface area (Å²) in [6, 6.07) is 5.85. The standard InChI is InChI=1S/C12H15N3O2S/c1-16-9-5-3-4-8(11(9)17-2)6-7-10-14-15-12(13)18-10/h3-5H,6-7H2,1-2H3,(H2,13,15). The first-order valence-corrected chi connectivity index (χ1v) is 6.34. The molecule has 0 aliphatic heterocycles. The Bertz CT molecular complexity index is 528. The number of ether oxygens (including phenoxy) is 2. The van der Waals surface area contributed by atoms with Crippen LogP contribution in [-0.4, -0.2) is 24.4 Å². The Morgan fingerprint density at radius 1 is 1.17 bits per heavy atom. The third kappa shape index (κ3) is 2.70. The molecule has 96 valence electrons. The van der Waals surface area contributed by atoms with Crippen LogP contribution in [0.15, 0.2) is 18.2 Å². The number of nitrogens with zero attached hydrogens (tertiary/aromatic N) is 2. The SMILES string of the molecule is COc1cccc(CCc2nnc(N)s2)c1OC. The second-order valence-corrected chi connectivity index (χ2v) is 4.78.